The van der Waals surface area contributed by atoms with E-state index in [0.717, 1.165) is 5.92 Å². The van der Waals surface area contributed by atoms with E-state index in [2.05, 4.69) is 31.6 Å². The van der Waals surface area contributed by atoms with Gasteiger partial charge in [-0.2, -0.15) is 0 Å². The van der Waals surface area contributed by atoms with Gasteiger partial charge in [-0.25, -0.2) is 0 Å². The Balaban J connectivity index is 2.45. The number of thioether (sulfide) groups is 1. The molecule has 1 rings (SSSR count). The van der Waals surface area contributed by atoms with E-state index in [-0.39, 0.29) is 0 Å². The summed E-state index contributed by atoms with van der Waals surface area (Å²) in [7, 11) is 0. The molecule has 0 aromatic rings. The van der Waals surface area contributed by atoms with Crippen LogP contribution in [0.5, 0.6) is 0 Å². The zero-order valence-corrected chi connectivity index (χ0v) is 8.00. The predicted molar refractivity (Wildman–Crippen MR) is 52.4 cm³/mol. The second-order valence-corrected chi connectivity index (χ2v) is 4.04. The first kappa shape index (κ1) is 8.70. The molecule has 0 heterocycles. The molecule has 60 valence electrons. The third-order valence-corrected chi connectivity index (χ3v) is 2.86. The van der Waals surface area contributed by atoms with Crippen LogP contribution in [0.25, 0.3) is 0 Å². The summed E-state index contributed by atoms with van der Waals surface area (Å²) < 4.78 is 0. The second-order valence-electron chi connectivity index (χ2n) is 3.13. The Kier molecular flexibility index (Phi) is 3.04. The monoisotopic (exact) mass is 166 g/mol. The molecule has 0 bridgehead atoms. The lowest BCUT2D eigenvalue weighted by atomic mass is 10.4. The highest BCUT2D eigenvalue weighted by molar-refractivity contribution is 8.05. The largest absolute Gasteiger partial charge is 0.118 e. The average molecular weight is 166 g/mol. The summed E-state index contributed by atoms with van der Waals surface area (Å²) in [6.45, 7) is 7.91. The highest BCUT2D eigenvalue weighted by Gasteiger charge is 2.25. The Bertz CT molecular complexity index is 211. The molecule has 0 amide bonds. The summed E-state index contributed by atoms with van der Waals surface area (Å²) in [5.74, 6) is 0.785. The fraction of sp³-hybridized carbons (Fsp3) is 0.500. The van der Waals surface area contributed by atoms with E-state index in [1.807, 2.05) is 0 Å². The van der Waals surface area contributed by atoms with Gasteiger partial charge in [0.05, 0.1) is 0 Å². The molecular formula is C10H14S. The topological polar surface area (TPSA) is 0 Å². The van der Waals surface area contributed by atoms with Gasteiger partial charge < -0.3 is 0 Å². The number of hydrogen-bond acceptors (Lipinski definition) is 1. The van der Waals surface area contributed by atoms with E-state index in [1.54, 1.807) is 11.8 Å². The van der Waals surface area contributed by atoms with Crippen LogP contribution < -0.4 is 0 Å². The summed E-state index contributed by atoms with van der Waals surface area (Å²) in [6, 6.07) is 0. The Morgan fingerprint density at radius 3 is 2.55 bits per heavy atom. The van der Waals surface area contributed by atoms with Crippen LogP contribution in [0.3, 0.4) is 0 Å². The van der Waals surface area contributed by atoms with E-state index in [0.29, 0.717) is 0 Å². The van der Waals surface area contributed by atoms with Crippen molar-refractivity contribution in [3.8, 4) is 0 Å². The van der Waals surface area contributed by atoms with Crippen molar-refractivity contribution in [1.82, 2.24) is 0 Å². The summed E-state index contributed by atoms with van der Waals surface area (Å²) in [4.78, 5) is 1.33. The number of rotatable bonds is 3. The van der Waals surface area contributed by atoms with Crippen LogP contribution in [0.4, 0.5) is 0 Å². The summed E-state index contributed by atoms with van der Waals surface area (Å²) >= 11 is 1.78. The highest BCUT2D eigenvalue weighted by atomic mass is 32.2. The minimum atomic E-state index is 0.785. The van der Waals surface area contributed by atoms with Gasteiger partial charge in [0.1, 0.15) is 0 Å². The standard InChI is InChI=1S/C10H14S/c1-4-10(9-5-6-9)11-7-8(2)3/h7,9H,1,5-6H2,2-3H3. The van der Waals surface area contributed by atoms with E-state index in [9.17, 15) is 0 Å². The van der Waals surface area contributed by atoms with Crippen molar-refractivity contribution < 1.29 is 0 Å². The minimum absolute atomic E-state index is 0.785. The first-order valence-corrected chi connectivity index (χ1v) is 4.82. The van der Waals surface area contributed by atoms with Gasteiger partial charge >= 0.3 is 0 Å². The maximum atomic E-state index is 3.69. The van der Waals surface area contributed by atoms with Gasteiger partial charge in [0, 0.05) is 4.91 Å². The minimum Gasteiger partial charge on any atom is -0.118 e. The first-order valence-electron chi connectivity index (χ1n) is 3.94. The van der Waals surface area contributed by atoms with E-state index in [4.69, 9.17) is 0 Å². The van der Waals surface area contributed by atoms with Crippen LogP contribution in [-0.2, 0) is 0 Å². The smallest absolute Gasteiger partial charge is 0.0334 e. The van der Waals surface area contributed by atoms with Crippen LogP contribution in [0.15, 0.2) is 28.2 Å². The molecular weight excluding hydrogens is 152 g/mol. The van der Waals surface area contributed by atoms with Gasteiger partial charge in [0.2, 0.25) is 0 Å². The van der Waals surface area contributed by atoms with Crippen molar-refractivity contribution in [2.45, 2.75) is 26.7 Å². The van der Waals surface area contributed by atoms with E-state index < -0.39 is 0 Å². The van der Waals surface area contributed by atoms with Crippen molar-refractivity contribution in [1.29, 1.82) is 0 Å². The van der Waals surface area contributed by atoms with Crippen molar-refractivity contribution in [3.05, 3.63) is 28.2 Å². The van der Waals surface area contributed by atoms with Crippen molar-refractivity contribution in [3.63, 3.8) is 0 Å². The fourth-order valence-corrected chi connectivity index (χ4v) is 1.68. The molecule has 0 N–H and O–H groups in total. The molecule has 1 saturated carbocycles. The van der Waals surface area contributed by atoms with Gasteiger partial charge in [-0.05, 0) is 38.0 Å². The molecule has 1 aliphatic rings. The molecule has 1 fully saturated rings. The Morgan fingerprint density at radius 1 is 1.55 bits per heavy atom. The quantitative estimate of drug-likeness (QED) is 0.576. The molecule has 0 saturated heterocycles. The van der Waals surface area contributed by atoms with Gasteiger partial charge in [0.25, 0.3) is 0 Å². The molecule has 11 heavy (non-hydrogen) atoms. The third kappa shape index (κ3) is 3.00. The van der Waals surface area contributed by atoms with Crippen molar-refractivity contribution >= 4 is 11.8 Å². The zero-order chi connectivity index (χ0) is 8.27. The lowest BCUT2D eigenvalue weighted by molar-refractivity contribution is 1.10. The molecule has 0 atom stereocenters. The average Bonchev–Trinajstić information content (AvgIpc) is 2.72. The Morgan fingerprint density at radius 2 is 2.18 bits per heavy atom. The van der Waals surface area contributed by atoms with Crippen LogP contribution in [0.1, 0.15) is 26.7 Å². The molecule has 1 heteroatoms. The predicted octanol–water partition coefficient (Wildman–Crippen LogP) is 3.72. The maximum Gasteiger partial charge on any atom is 0.0334 e. The van der Waals surface area contributed by atoms with Gasteiger partial charge in [-0.3, -0.25) is 0 Å². The lowest BCUT2D eigenvalue weighted by Crippen LogP contribution is -1.73. The number of allylic oxidation sites excluding steroid dienone is 2. The molecule has 0 aliphatic heterocycles. The normalized spacial score (nSPS) is 15.5. The fourth-order valence-electron chi connectivity index (χ4n) is 0.809. The third-order valence-electron chi connectivity index (χ3n) is 1.54. The molecule has 0 nitrogen and oxygen atoms in total. The molecule has 0 aromatic heterocycles. The van der Waals surface area contributed by atoms with Gasteiger partial charge in [-0.15, -0.1) is 5.73 Å². The lowest BCUT2D eigenvalue weighted by Gasteiger charge is -1.96. The highest BCUT2D eigenvalue weighted by Crippen LogP contribution is 2.42. The summed E-state index contributed by atoms with van der Waals surface area (Å²) in [6.07, 6.45) is 2.67. The van der Waals surface area contributed by atoms with Crippen molar-refractivity contribution in [2.75, 3.05) is 0 Å². The van der Waals surface area contributed by atoms with E-state index >= 15 is 0 Å². The number of hydrogen-bond donors (Lipinski definition) is 0. The molecule has 0 unspecified atom stereocenters. The molecule has 0 spiro atoms. The van der Waals surface area contributed by atoms with Gasteiger partial charge in [-0.1, -0.05) is 23.9 Å². The molecule has 1 aliphatic carbocycles. The van der Waals surface area contributed by atoms with Crippen molar-refractivity contribution in [2.24, 2.45) is 5.92 Å². The van der Waals surface area contributed by atoms with E-state index in [1.165, 1.54) is 23.3 Å². The molecule has 0 radical (unpaired) electrons. The van der Waals surface area contributed by atoms with Crippen LogP contribution in [0, 0.1) is 5.92 Å². The molecule has 0 aromatic carbocycles. The second kappa shape index (κ2) is 3.85. The van der Waals surface area contributed by atoms with Gasteiger partial charge in [0.15, 0.2) is 0 Å². The Labute approximate surface area is 73.1 Å². The van der Waals surface area contributed by atoms with Crippen LogP contribution >= 0.6 is 11.8 Å². The van der Waals surface area contributed by atoms with Crippen LogP contribution in [-0.4, -0.2) is 0 Å². The first-order chi connectivity index (χ1) is 5.24. The summed E-state index contributed by atoms with van der Waals surface area (Å²) in [5, 5.41) is 2.17. The maximum absolute atomic E-state index is 3.69. The summed E-state index contributed by atoms with van der Waals surface area (Å²) in [5.41, 5.74) is 4.35. The van der Waals surface area contributed by atoms with Crippen LogP contribution in [0.2, 0.25) is 0 Å². The SMILES string of the molecule is C=C=C(SC=C(C)C)C1CC1. The zero-order valence-electron chi connectivity index (χ0n) is 7.18. The Hall–Kier alpha value is -0.390.